The molecule has 3 aromatic rings. The summed E-state index contributed by atoms with van der Waals surface area (Å²) in [5, 5.41) is 13.2. The van der Waals surface area contributed by atoms with E-state index in [2.05, 4.69) is 63.2 Å². The fourth-order valence-electron chi connectivity index (χ4n) is 2.54. The van der Waals surface area contributed by atoms with Crippen LogP contribution in [-0.4, -0.2) is 19.7 Å². The number of thioether (sulfide) groups is 1. The molecule has 0 atom stereocenters. The Bertz CT molecular complexity index is 764. The van der Waals surface area contributed by atoms with Crippen molar-refractivity contribution >= 4 is 23.1 Å². The number of thiazole rings is 1. The second-order valence-corrected chi connectivity index (χ2v) is 7.46. The third-order valence-corrected chi connectivity index (χ3v) is 5.68. The van der Waals surface area contributed by atoms with Gasteiger partial charge in [0.05, 0.1) is 10.7 Å². The van der Waals surface area contributed by atoms with Crippen LogP contribution in [0.25, 0.3) is 0 Å². The molecular weight excluding hydrogens is 336 g/mol. The van der Waals surface area contributed by atoms with Crippen LogP contribution in [-0.2, 0) is 25.1 Å². The lowest BCUT2D eigenvalue weighted by atomic mass is 10.1. The van der Waals surface area contributed by atoms with Crippen molar-refractivity contribution in [1.82, 2.24) is 19.7 Å². The molecule has 0 saturated carbocycles. The summed E-state index contributed by atoms with van der Waals surface area (Å²) in [4.78, 5) is 4.69. The molecule has 0 saturated heterocycles. The van der Waals surface area contributed by atoms with Crippen LogP contribution >= 0.6 is 23.1 Å². The molecule has 0 aliphatic rings. The fraction of sp³-hybridized carbons (Fsp3) is 0.389. The van der Waals surface area contributed by atoms with Crippen LogP contribution in [0.1, 0.15) is 42.4 Å². The highest BCUT2D eigenvalue weighted by Crippen LogP contribution is 2.24. The summed E-state index contributed by atoms with van der Waals surface area (Å²) in [5.41, 5.74) is 2.41. The quantitative estimate of drug-likeness (QED) is 0.552. The first-order chi connectivity index (χ1) is 11.8. The molecule has 126 valence electrons. The summed E-state index contributed by atoms with van der Waals surface area (Å²) in [6, 6.07) is 10.4. The van der Waals surface area contributed by atoms with Gasteiger partial charge in [0, 0.05) is 24.1 Å². The van der Waals surface area contributed by atoms with Crippen molar-refractivity contribution in [3.8, 4) is 0 Å². The van der Waals surface area contributed by atoms with Crippen LogP contribution in [0.4, 0.5) is 0 Å². The van der Waals surface area contributed by atoms with Gasteiger partial charge in [-0.1, -0.05) is 49.0 Å². The van der Waals surface area contributed by atoms with E-state index in [1.165, 1.54) is 10.6 Å². The highest BCUT2D eigenvalue weighted by atomic mass is 32.2. The molecule has 3 rings (SSSR count). The third kappa shape index (κ3) is 4.24. The van der Waals surface area contributed by atoms with E-state index in [4.69, 9.17) is 0 Å². The van der Waals surface area contributed by atoms with Crippen LogP contribution in [0.2, 0.25) is 0 Å². The van der Waals surface area contributed by atoms with Crippen molar-refractivity contribution in [2.45, 2.75) is 50.6 Å². The van der Waals surface area contributed by atoms with Crippen molar-refractivity contribution in [3.05, 3.63) is 57.8 Å². The Balaban J connectivity index is 1.67. The van der Waals surface area contributed by atoms with Gasteiger partial charge in [-0.2, -0.15) is 0 Å². The zero-order valence-corrected chi connectivity index (χ0v) is 15.7. The summed E-state index contributed by atoms with van der Waals surface area (Å²) in [6.07, 6.45) is 3.04. The van der Waals surface area contributed by atoms with Gasteiger partial charge in [-0.15, -0.1) is 21.5 Å². The van der Waals surface area contributed by atoms with Gasteiger partial charge in [-0.25, -0.2) is 4.98 Å². The minimum atomic E-state index is 0.819. The molecule has 0 N–H and O–H groups in total. The van der Waals surface area contributed by atoms with E-state index in [0.29, 0.717) is 0 Å². The molecule has 0 spiro atoms. The predicted molar refractivity (Wildman–Crippen MR) is 101 cm³/mol. The van der Waals surface area contributed by atoms with Gasteiger partial charge in [-0.3, -0.25) is 0 Å². The van der Waals surface area contributed by atoms with Gasteiger partial charge in [0.2, 0.25) is 0 Å². The lowest BCUT2D eigenvalue weighted by Gasteiger charge is -2.06. The van der Waals surface area contributed by atoms with Crippen LogP contribution in [0.5, 0.6) is 0 Å². The van der Waals surface area contributed by atoms with Gasteiger partial charge in [0.15, 0.2) is 5.16 Å². The standard InChI is InChI=1S/C18H22N4S2/c1-3-8-17-19-15(12-23-17)13-24-18-21-20-16(22(18)4-2)11-14-9-6-5-7-10-14/h5-7,9-10,12H,3-4,8,11,13H2,1-2H3. The van der Waals surface area contributed by atoms with Crippen molar-refractivity contribution in [2.24, 2.45) is 0 Å². The number of rotatable bonds is 8. The highest BCUT2D eigenvalue weighted by Gasteiger charge is 2.12. The molecule has 4 nitrogen and oxygen atoms in total. The third-order valence-electron chi connectivity index (χ3n) is 3.73. The van der Waals surface area contributed by atoms with E-state index in [-0.39, 0.29) is 0 Å². The molecule has 0 bridgehead atoms. The summed E-state index contributed by atoms with van der Waals surface area (Å²) in [5.74, 6) is 1.88. The largest absolute Gasteiger partial charge is 0.306 e. The molecule has 1 aromatic carbocycles. The number of hydrogen-bond donors (Lipinski definition) is 0. The molecule has 0 unspecified atom stereocenters. The maximum Gasteiger partial charge on any atom is 0.191 e. The Morgan fingerprint density at radius 2 is 1.96 bits per heavy atom. The van der Waals surface area contributed by atoms with Gasteiger partial charge < -0.3 is 4.57 Å². The van der Waals surface area contributed by atoms with Crippen molar-refractivity contribution in [1.29, 1.82) is 0 Å². The first-order valence-corrected chi connectivity index (χ1v) is 10.2. The Kier molecular flexibility index (Phi) is 6.04. The minimum Gasteiger partial charge on any atom is -0.306 e. The molecule has 0 aliphatic carbocycles. The van der Waals surface area contributed by atoms with E-state index >= 15 is 0 Å². The van der Waals surface area contributed by atoms with Gasteiger partial charge in [-0.05, 0) is 25.3 Å². The average Bonchev–Trinajstić information content (AvgIpc) is 3.21. The molecule has 0 aliphatic heterocycles. The van der Waals surface area contributed by atoms with Crippen molar-refractivity contribution in [2.75, 3.05) is 0 Å². The summed E-state index contributed by atoms with van der Waals surface area (Å²) >= 11 is 3.48. The number of aryl methyl sites for hydroxylation is 1. The maximum atomic E-state index is 4.69. The Labute approximate surface area is 151 Å². The van der Waals surface area contributed by atoms with Gasteiger partial charge in [0.25, 0.3) is 0 Å². The number of hydrogen-bond acceptors (Lipinski definition) is 5. The van der Waals surface area contributed by atoms with E-state index in [0.717, 1.165) is 48.2 Å². The molecule has 24 heavy (non-hydrogen) atoms. The molecular formula is C18H22N4S2. The molecule has 2 heterocycles. The van der Waals surface area contributed by atoms with E-state index < -0.39 is 0 Å². The normalized spacial score (nSPS) is 11.1. The zero-order chi connectivity index (χ0) is 16.8. The molecule has 0 amide bonds. The minimum absolute atomic E-state index is 0.819. The second kappa shape index (κ2) is 8.44. The Morgan fingerprint density at radius 1 is 1.12 bits per heavy atom. The van der Waals surface area contributed by atoms with Crippen molar-refractivity contribution in [3.63, 3.8) is 0 Å². The van der Waals surface area contributed by atoms with Crippen LogP contribution in [0.15, 0.2) is 40.9 Å². The average molecular weight is 359 g/mol. The SMILES string of the molecule is CCCc1nc(CSc2nnc(Cc3ccccc3)n2CC)cs1. The molecule has 0 radical (unpaired) electrons. The second-order valence-electron chi connectivity index (χ2n) is 5.58. The fourth-order valence-corrected chi connectivity index (χ4v) is 4.45. The zero-order valence-electron chi connectivity index (χ0n) is 14.1. The molecule has 2 aromatic heterocycles. The number of benzene rings is 1. The lowest BCUT2D eigenvalue weighted by molar-refractivity contribution is 0.651. The topological polar surface area (TPSA) is 43.6 Å². The van der Waals surface area contributed by atoms with Crippen LogP contribution in [0.3, 0.4) is 0 Å². The molecule has 6 heteroatoms. The van der Waals surface area contributed by atoms with Gasteiger partial charge in [0.1, 0.15) is 5.82 Å². The van der Waals surface area contributed by atoms with Gasteiger partial charge >= 0.3 is 0 Å². The predicted octanol–water partition coefficient (Wildman–Crippen LogP) is 4.59. The summed E-state index contributed by atoms with van der Waals surface area (Å²) in [7, 11) is 0. The smallest absolute Gasteiger partial charge is 0.191 e. The summed E-state index contributed by atoms with van der Waals surface area (Å²) in [6.45, 7) is 5.22. The highest BCUT2D eigenvalue weighted by molar-refractivity contribution is 7.98. The van der Waals surface area contributed by atoms with Crippen LogP contribution < -0.4 is 0 Å². The molecule has 0 fully saturated rings. The Morgan fingerprint density at radius 3 is 2.71 bits per heavy atom. The Hall–Kier alpha value is -1.66. The van der Waals surface area contributed by atoms with E-state index in [1.54, 1.807) is 23.1 Å². The first-order valence-electron chi connectivity index (χ1n) is 8.32. The summed E-state index contributed by atoms with van der Waals surface area (Å²) < 4.78 is 2.21. The van der Waals surface area contributed by atoms with Crippen LogP contribution in [0, 0.1) is 0 Å². The monoisotopic (exact) mass is 358 g/mol. The van der Waals surface area contributed by atoms with E-state index in [1.807, 2.05) is 6.07 Å². The number of aromatic nitrogens is 4. The maximum absolute atomic E-state index is 4.69. The van der Waals surface area contributed by atoms with Crippen molar-refractivity contribution < 1.29 is 0 Å². The first kappa shape index (κ1) is 17.2. The number of nitrogens with zero attached hydrogens (tertiary/aromatic N) is 4. The van der Waals surface area contributed by atoms with E-state index in [9.17, 15) is 0 Å². The lowest BCUT2D eigenvalue weighted by Crippen LogP contribution is -2.04.